The fraction of sp³-hybridized carbons (Fsp3) is 0. The number of oxazole rings is 2. The molecule has 0 N–H and O–H groups in total. The lowest BCUT2D eigenvalue weighted by atomic mass is 10.1. The third-order valence-electron chi connectivity index (χ3n) is 6.77. The molecule has 0 bridgehead atoms. The van der Waals surface area contributed by atoms with Gasteiger partial charge in [0.25, 0.3) is 0 Å². The Morgan fingerprint density at radius 2 is 1.26 bits per heavy atom. The van der Waals surface area contributed by atoms with Gasteiger partial charge in [0.1, 0.15) is 11.0 Å². The van der Waals surface area contributed by atoms with Crippen molar-refractivity contribution < 1.29 is 13.6 Å². The summed E-state index contributed by atoms with van der Waals surface area (Å²) in [6.45, 7) is 0. The highest BCUT2D eigenvalue weighted by Crippen LogP contribution is 2.52. The van der Waals surface area contributed by atoms with Crippen LogP contribution >= 0.6 is 15.9 Å². The zero-order valence-corrected chi connectivity index (χ0v) is 21.9. The number of rotatable bonds is 3. The highest BCUT2D eigenvalue weighted by atomic mass is 79.9. The van der Waals surface area contributed by atoms with Gasteiger partial charge in [0.2, 0.25) is 11.8 Å². The summed E-state index contributed by atoms with van der Waals surface area (Å²) < 4.78 is 19.5. The van der Waals surface area contributed by atoms with Gasteiger partial charge in [-0.3, -0.25) is 0 Å². The predicted molar refractivity (Wildman–Crippen MR) is 155 cm³/mol. The van der Waals surface area contributed by atoms with Gasteiger partial charge in [0.15, 0.2) is 22.7 Å². The lowest BCUT2D eigenvalue weighted by Gasteiger charge is -2.33. The van der Waals surface area contributed by atoms with E-state index in [-0.39, 0.29) is 0 Å². The second-order valence-electron chi connectivity index (χ2n) is 9.26. The lowest BCUT2D eigenvalue weighted by molar-refractivity contribution is 0.476. The smallest absolute Gasteiger partial charge is 0.227 e. The van der Waals surface area contributed by atoms with Crippen molar-refractivity contribution in [2.75, 3.05) is 4.90 Å². The molecule has 3 heterocycles. The van der Waals surface area contributed by atoms with Gasteiger partial charge in [-0.25, -0.2) is 9.97 Å². The van der Waals surface area contributed by atoms with Crippen molar-refractivity contribution in [1.82, 2.24) is 9.97 Å². The number of nitrogens with zero attached hydrogens (tertiary/aromatic N) is 3. The molecule has 0 unspecified atom stereocenters. The van der Waals surface area contributed by atoms with E-state index in [1.807, 2.05) is 91.0 Å². The number of benzene rings is 5. The molecule has 0 saturated carbocycles. The molecule has 0 aliphatic carbocycles. The van der Waals surface area contributed by atoms with Crippen LogP contribution in [0.15, 0.2) is 123 Å². The first kappa shape index (κ1) is 22.1. The molecule has 0 spiro atoms. The van der Waals surface area contributed by atoms with Crippen LogP contribution in [0.4, 0.5) is 17.1 Å². The highest BCUT2D eigenvalue weighted by Gasteiger charge is 2.28. The van der Waals surface area contributed by atoms with Gasteiger partial charge in [-0.1, -0.05) is 46.3 Å². The number of anilines is 3. The molecule has 7 heteroatoms. The Bertz CT molecular complexity index is 1980. The number of aromatic nitrogens is 2. The van der Waals surface area contributed by atoms with Gasteiger partial charge in [0.05, 0.1) is 11.4 Å². The maximum absolute atomic E-state index is 6.36. The average molecular weight is 572 g/mol. The van der Waals surface area contributed by atoms with E-state index in [9.17, 15) is 0 Å². The quantitative estimate of drug-likeness (QED) is 0.210. The van der Waals surface area contributed by atoms with E-state index in [0.717, 1.165) is 66.4 Å². The van der Waals surface area contributed by atoms with E-state index in [1.54, 1.807) is 0 Å². The normalized spacial score (nSPS) is 12.4. The molecule has 1 aliphatic heterocycles. The van der Waals surface area contributed by atoms with E-state index >= 15 is 0 Å². The summed E-state index contributed by atoms with van der Waals surface area (Å²) in [7, 11) is 0. The molecule has 0 radical (unpaired) electrons. The number of hydrogen-bond acceptors (Lipinski definition) is 6. The summed E-state index contributed by atoms with van der Waals surface area (Å²) in [5.41, 5.74) is 7.62. The van der Waals surface area contributed by atoms with Gasteiger partial charge < -0.3 is 18.5 Å². The SMILES string of the molecule is Brc1ccc2c(c1)Oc1ccc(-c3nc4ccccc4o3)cc1N2c1cccc(-c2nc3ccccc3o2)c1. The number of para-hydroxylation sites is 4. The zero-order chi connectivity index (χ0) is 25.9. The Morgan fingerprint density at radius 1 is 0.564 bits per heavy atom. The fourth-order valence-electron chi connectivity index (χ4n) is 4.96. The molecule has 0 fully saturated rings. The van der Waals surface area contributed by atoms with Crippen LogP contribution in [0.25, 0.3) is 45.1 Å². The van der Waals surface area contributed by atoms with Crippen LogP contribution in [0.1, 0.15) is 0 Å². The summed E-state index contributed by atoms with van der Waals surface area (Å²) in [4.78, 5) is 11.6. The van der Waals surface area contributed by atoms with Crippen molar-refractivity contribution >= 4 is 55.2 Å². The number of ether oxygens (including phenoxy) is 1. The predicted octanol–water partition coefficient (Wildman–Crippen LogP) is 9.64. The van der Waals surface area contributed by atoms with Gasteiger partial charge in [-0.15, -0.1) is 0 Å². The Hall–Kier alpha value is -4.88. The second kappa shape index (κ2) is 8.58. The Balaban J connectivity index is 1.29. The Labute approximate surface area is 231 Å². The largest absolute Gasteiger partial charge is 0.453 e. The van der Waals surface area contributed by atoms with Crippen LogP contribution in [0.5, 0.6) is 11.5 Å². The number of halogens is 1. The number of fused-ring (bicyclic) bond motifs is 4. The molecule has 5 aromatic carbocycles. The molecule has 7 aromatic rings. The van der Waals surface area contributed by atoms with Gasteiger partial charge in [-0.05, 0) is 78.9 Å². The van der Waals surface area contributed by atoms with Crippen molar-refractivity contribution in [1.29, 1.82) is 0 Å². The maximum Gasteiger partial charge on any atom is 0.227 e. The topological polar surface area (TPSA) is 64.5 Å². The third kappa shape index (κ3) is 3.70. The van der Waals surface area contributed by atoms with Crippen molar-refractivity contribution in [3.8, 4) is 34.4 Å². The van der Waals surface area contributed by atoms with Gasteiger partial charge in [0, 0.05) is 21.3 Å². The molecule has 2 aromatic heterocycles. The Morgan fingerprint density at radius 3 is 1.97 bits per heavy atom. The fourth-order valence-corrected chi connectivity index (χ4v) is 5.30. The first-order valence-corrected chi connectivity index (χ1v) is 13.2. The number of hydrogen-bond donors (Lipinski definition) is 0. The van der Waals surface area contributed by atoms with E-state index in [1.165, 1.54) is 0 Å². The summed E-state index contributed by atoms with van der Waals surface area (Å²) >= 11 is 3.58. The molecule has 186 valence electrons. The first-order chi connectivity index (χ1) is 19.2. The second-order valence-corrected chi connectivity index (χ2v) is 10.2. The monoisotopic (exact) mass is 571 g/mol. The van der Waals surface area contributed by atoms with E-state index in [4.69, 9.17) is 23.5 Å². The standard InChI is InChI=1S/C32H18BrN3O3/c33-21-13-14-25-30(18-21)37-29-15-12-20(32-35-24-9-2-4-11-28(24)39-32)17-26(29)36(25)22-7-5-6-19(16-22)31-34-23-8-1-3-10-27(23)38-31/h1-18H. The molecular weight excluding hydrogens is 554 g/mol. The van der Waals surface area contributed by atoms with Crippen molar-refractivity contribution in [2.45, 2.75) is 0 Å². The molecule has 0 atom stereocenters. The van der Waals surface area contributed by atoms with Crippen LogP contribution in [0, 0.1) is 0 Å². The minimum Gasteiger partial charge on any atom is -0.453 e. The first-order valence-electron chi connectivity index (χ1n) is 12.4. The van der Waals surface area contributed by atoms with Crippen LogP contribution < -0.4 is 9.64 Å². The maximum atomic E-state index is 6.36. The summed E-state index contributed by atoms with van der Waals surface area (Å²) in [6.07, 6.45) is 0. The molecule has 8 rings (SSSR count). The Kier molecular flexibility index (Phi) is 4.87. The van der Waals surface area contributed by atoms with Crippen LogP contribution in [-0.2, 0) is 0 Å². The lowest BCUT2D eigenvalue weighted by Crippen LogP contribution is -2.16. The van der Waals surface area contributed by atoms with E-state index in [0.29, 0.717) is 11.8 Å². The van der Waals surface area contributed by atoms with Crippen molar-refractivity contribution in [2.24, 2.45) is 0 Å². The zero-order valence-electron chi connectivity index (χ0n) is 20.3. The minimum atomic E-state index is 0.556. The van der Waals surface area contributed by atoms with Crippen molar-refractivity contribution in [3.05, 3.63) is 114 Å². The minimum absolute atomic E-state index is 0.556. The molecule has 0 amide bonds. The highest BCUT2D eigenvalue weighted by molar-refractivity contribution is 9.10. The molecular formula is C32H18BrN3O3. The van der Waals surface area contributed by atoms with Crippen LogP contribution in [0.2, 0.25) is 0 Å². The molecule has 1 aliphatic rings. The summed E-state index contributed by atoms with van der Waals surface area (Å²) in [5.74, 6) is 2.61. The summed E-state index contributed by atoms with van der Waals surface area (Å²) in [5, 5.41) is 0. The third-order valence-corrected chi connectivity index (χ3v) is 7.26. The summed E-state index contributed by atoms with van der Waals surface area (Å²) in [6, 6.07) is 35.7. The van der Waals surface area contributed by atoms with Crippen LogP contribution in [-0.4, -0.2) is 9.97 Å². The van der Waals surface area contributed by atoms with Crippen LogP contribution in [0.3, 0.4) is 0 Å². The van der Waals surface area contributed by atoms with Gasteiger partial charge >= 0.3 is 0 Å². The molecule has 6 nitrogen and oxygen atoms in total. The van der Waals surface area contributed by atoms with Crippen molar-refractivity contribution in [3.63, 3.8) is 0 Å². The molecule has 39 heavy (non-hydrogen) atoms. The van der Waals surface area contributed by atoms with E-state index in [2.05, 4.69) is 39.0 Å². The van der Waals surface area contributed by atoms with E-state index < -0.39 is 0 Å². The average Bonchev–Trinajstić information content (AvgIpc) is 3.60. The molecule has 0 saturated heterocycles. The van der Waals surface area contributed by atoms with Gasteiger partial charge in [-0.2, -0.15) is 0 Å².